The highest BCUT2D eigenvalue weighted by Crippen LogP contribution is 2.29. The maximum absolute atomic E-state index is 13.5. The predicted molar refractivity (Wildman–Crippen MR) is 70.3 cm³/mol. The average Bonchev–Trinajstić information content (AvgIpc) is 2.74. The first kappa shape index (κ1) is 13.9. The summed E-state index contributed by atoms with van der Waals surface area (Å²) < 4.78 is 13.5. The second kappa shape index (κ2) is 5.61. The van der Waals surface area contributed by atoms with Gasteiger partial charge < -0.3 is 10.0 Å². The molecule has 1 saturated heterocycles. The molecule has 6 heteroatoms. The van der Waals surface area contributed by atoms with Crippen molar-refractivity contribution >= 4 is 23.6 Å². The van der Waals surface area contributed by atoms with E-state index in [1.807, 2.05) is 0 Å². The summed E-state index contributed by atoms with van der Waals surface area (Å²) >= 11 is 1.42. The van der Waals surface area contributed by atoms with Gasteiger partial charge in [0.15, 0.2) is 0 Å². The van der Waals surface area contributed by atoms with Gasteiger partial charge in [0.1, 0.15) is 11.9 Å². The van der Waals surface area contributed by atoms with Crippen molar-refractivity contribution in [3.63, 3.8) is 0 Å². The SMILES string of the molecule is CC1SCC(C(=O)O)N1C(=O)Cc1ccccc1F. The van der Waals surface area contributed by atoms with Crippen LogP contribution in [-0.4, -0.2) is 39.1 Å². The molecule has 1 aliphatic heterocycles. The Morgan fingerprint density at radius 1 is 1.47 bits per heavy atom. The van der Waals surface area contributed by atoms with Crippen LogP contribution in [0.3, 0.4) is 0 Å². The molecule has 1 aromatic rings. The Balaban J connectivity index is 2.15. The molecule has 0 bridgehead atoms. The maximum Gasteiger partial charge on any atom is 0.327 e. The third-order valence-corrected chi connectivity index (χ3v) is 4.31. The van der Waals surface area contributed by atoms with Gasteiger partial charge in [-0.2, -0.15) is 0 Å². The minimum Gasteiger partial charge on any atom is -0.480 e. The quantitative estimate of drug-likeness (QED) is 0.918. The van der Waals surface area contributed by atoms with E-state index in [4.69, 9.17) is 5.11 Å². The number of amides is 1. The molecule has 0 saturated carbocycles. The Hall–Kier alpha value is -1.56. The van der Waals surface area contributed by atoms with E-state index in [2.05, 4.69) is 0 Å². The highest BCUT2D eigenvalue weighted by molar-refractivity contribution is 8.00. The molecule has 1 aliphatic rings. The third kappa shape index (κ3) is 2.89. The van der Waals surface area contributed by atoms with Crippen molar-refractivity contribution in [1.29, 1.82) is 0 Å². The fourth-order valence-electron chi connectivity index (χ4n) is 2.11. The molecule has 1 amide bonds. The van der Waals surface area contributed by atoms with Gasteiger partial charge in [-0.25, -0.2) is 9.18 Å². The number of hydrogen-bond donors (Lipinski definition) is 1. The van der Waals surface area contributed by atoms with Gasteiger partial charge in [-0.3, -0.25) is 4.79 Å². The van der Waals surface area contributed by atoms with Crippen molar-refractivity contribution < 1.29 is 19.1 Å². The molecule has 1 heterocycles. The topological polar surface area (TPSA) is 57.6 Å². The first-order valence-corrected chi connectivity index (χ1v) is 6.94. The van der Waals surface area contributed by atoms with Crippen molar-refractivity contribution in [1.82, 2.24) is 4.90 Å². The number of carboxylic acids is 1. The Morgan fingerprint density at radius 3 is 2.79 bits per heavy atom. The molecule has 19 heavy (non-hydrogen) atoms. The highest BCUT2D eigenvalue weighted by Gasteiger charge is 2.39. The maximum atomic E-state index is 13.5. The van der Waals surface area contributed by atoms with E-state index in [9.17, 15) is 14.0 Å². The molecule has 2 unspecified atom stereocenters. The van der Waals surface area contributed by atoms with Crippen LogP contribution in [0.15, 0.2) is 24.3 Å². The number of thioether (sulfide) groups is 1. The zero-order valence-electron chi connectivity index (χ0n) is 10.4. The fourth-order valence-corrected chi connectivity index (χ4v) is 3.30. The Kier molecular flexibility index (Phi) is 4.09. The summed E-state index contributed by atoms with van der Waals surface area (Å²) in [6, 6.07) is 5.22. The number of carbonyl (C=O) groups excluding carboxylic acids is 1. The van der Waals surface area contributed by atoms with Crippen LogP contribution in [0.5, 0.6) is 0 Å². The van der Waals surface area contributed by atoms with Gasteiger partial charge in [0.2, 0.25) is 5.91 Å². The molecular formula is C13H14FNO3S. The minimum atomic E-state index is -1.02. The fraction of sp³-hybridized carbons (Fsp3) is 0.385. The van der Waals surface area contributed by atoms with Crippen LogP contribution in [0.4, 0.5) is 4.39 Å². The summed E-state index contributed by atoms with van der Waals surface area (Å²) in [6.45, 7) is 1.78. The number of hydrogen-bond acceptors (Lipinski definition) is 3. The van der Waals surface area contributed by atoms with Crippen molar-refractivity contribution in [3.05, 3.63) is 35.6 Å². The second-order valence-electron chi connectivity index (χ2n) is 4.36. The number of aliphatic carboxylic acids is 1. The first-order chi connectivity index (χ1) is 9.00. The van der Waals surface area contributed by atoms with Gasteiger partial charge in [-0.15, -0.1) is 11.8 Å². The molecular weight excluding hydrogens is 269 g/mol. The molecule has 1 fully saturated rings. The lowest BCUT2D eigenvalue weighted by Crippen LogP contribution is -2.45. The van der Waals surface area contributed by atoms with Gasteiger partial charge in [-0.05, 0) is 18.6 Å². The first-order valence-electron chi connectivity index (χ1n) is 5.89. The number of carbonyl (C=O) groups is 2. The number of rotatable bonds is 3. The standard InChI is InChI=1S/C13H14FNO3S/c1-8-15(11(7-19-8)13(17)18)12(16)6-9-4-2-3-5-10(9)14/h2-5,8,11H,6-7H2,1H3,(H,17,18). The van der Waals surface area contributed by atoms with Crippen LogP contribution in [0, 0.1) is 5.82 Å². The minimum absolute atomic E-state index is 0.110. The summed E-state index contributed by atoms with van der Waals surface area (Å²) in [5, 5.41) is 8.90. The van der Waals surface area contributed by atoms with E-state index in [1.165, 1.54) is 28.8 Å². The number of nitrogens with zero attached hydrogens (tertiary/aromatic N) is 1. The lowest BCUT2D eigenvalue weighted by molar-refractivity contribution is -0.148. The predicted octanol–water partition coefficient (Wildman–Crippen LogP) is 1.74. The van der Waals surface area contributed by atoms with Crippen molar-refractivity contribution in [3.8, 4) is 0 Å². The summed E-state index contributed by atoms with van der Waals surface area (Å²) in [6.07, 6.45) is -0.110. The molecule has 1 aromatic carbocycles. The average molecular weight is 283 g/mol. The molecule has 4 nitrogen and oxygen atoms in total. The lowest BCUT2D eigenvalue weighted by Gasteiger charge is -2.25. The van der Waals surface area contributed by atoms with Crippen LogP contribution in [0.1, 0.15) is 12.5 Å². The van der Waals surface area contributed by atoms with E-state index in [1.54, 1.807) is 19.1 Å². The van der Waals surface area contributed by atoms with E-state index in [-0.39, 0.29) is 17.7 Å². The normalized spacial score (nSPS) is 22.5. The van der Waals surface area contributed by atoms with Crippen LogP contribution in [0.25, 0.3) is 0 Å². The highest BCUT2D eigenvalue weighted by atomic mass is 32.2. The van der Waals surface area contributed by atoms with E-state index in [0.717, 1.165) is 0 Å². The zero-order valence-corrected chi connectivity index (χ0v) is 11.2. The Morgan fingerprint density at radius 2 is 2.16 bits per heavy atom. The number of halogens is 1. The molecule has 0 spiro atoms. The summed E-state index contributed by atoms with van der Waals surface area (Å²) in [5.74, 6) is -1.43. The molecule has 0 aliphatic carbocycles. The third-order valence-electron chi connectivity index (χ3n) is 3.10. The van der Waals surface area contributed by atoms with Gasteiger partial charge in [0, 0.05) is 5.75 Å². The van der Waals surface area contributed by atoms with Crippen LogP contribution < -0.4 is 0 Å². The van der Waals surface area contributed by atoms with E-state index < -0.39 is 17.8 Å². The lowest BCUT2D eigenvalue weighted by atomic mass is 10.1. The summed E-state index contributed by atoms with van der Waals surface area (Å²) in [5.41, 5.74) is 0.292. The zero-order chi connectivity index (χ0) is 14.0. The molecule has 0 aromatic heterocycles. The van der Waals surface area contributed by atoms with Crippen molar-refractivity contribution in [2.75, 3.05) is 5.75 Å². The second-order valence-corrected chi connectivity index (χ2v) is 5.70. The van der Waals surface area contributed by atoms with Gasteiger partial charge in [0.25, 0.3) is 0 Å². The van der Waals surface area contributed by atoms with Gasteiger partial charge in [0.05, 0.1) is 11.8 Å². The number of benzene rings is 1. The van der Waals surface area contributed by atoms with Crippen LogP contribution in [0.2, 0.25) is 0 Å². The molecule has 0 radical (unpaired) electrons. The van der Waals surface area contributed by atoms with Gasteiger partial charge >= 0.3 is 5.97 Å². The smallest absolute Gasteiger partial charge is 0.327 e. The van der Waals surface area contributed by atoms with Crippen molar-refractivity contribution in [2.45, 2.75) is 24.8 Å². The Bertz CT molecular complexity index is 508. The molecule has 2 rings (SSSR count). The van der Waals surface area contributed by atoms with E-state index >= 15 is 0 Å². The molecule has 102 valence electrons. The van der Waals surface area contributed by atoms with Crippen LogP contribution >= 0.6 is 11.8 Å². The van der Waals surface area contributed by atoms with Gasteiger partial charge in [-0.1, -0.05) is 18.2 Å². The monoisotopic (exact) mass is 283 g/mol. The van der Waals surface area contributed by atoms with Crippen molar-refractivity contribution in [2.24, 2.45) is 0 Å². The molecule has 2 atom stereocenters. The Labute approximate surface area is 114 Å². The summed E-state index contributed by atoms with van der Waals surface area (Å²) in [7, 11) is 0. The van der Waals surface area contributed by atoms with E-state index in [0.29, 0.717) is 11.3 Å². The summed E-state index contributed by atoms with van der Waals surface area (Å²) in [4.78, 5) is 24.6. The van der Waals surface area contributed by atoms with Crippen LogP contribution in [-0.2, 0) is 16.0 Å². The largest absolute Gasteiger partial charge is 0.480 e. The number of carboxylic acid groups (broad SMARTS) is 1. The molecule has 1 N–H and O–H groups in total.